The van der Waals surface area contributed by atoms with Crippen molar-refractivity contribution >= 4 is 29.7 Å². The fourth-order valence-corrected chi connectivity index (χ4v) is 1.64. The number of hydrogen-bond acceptors (Lipinski definition) is 4. The van der Waals surface area contributed by atoms with Crippen LogP contribution in [0.5, 0.6) is 0 Å². The Balaban J connectivity index is 3.09. The minimum absolute atomic E-state index is 0.113. The lowest BCUT2D eigenvalue weighted by atomic mass is 10.2. The normalized spacial score (nSPS) is 12.7. The quantitative estimate of drug-likeness (QED) is 0.629. The summed E-state index contributed by atoms with van der Waals surface area (Å²) in [6.45, 7) is 4.73. The highest BCUT2D eigenvalue weighted by Crippen LogP contribution is 2.29. The van der Waals surface area contributed by atoms with E-state index in [4.69, 9.17) is 21.4 Å². The number of hydrogen-bond donors (Lipinski definition) is 2. The van der Waals surface area contributed by atoms with Gasteiger partial charge in [0.2, 0.25) is 0 Å². The number of ether oxygens (including phenoxy) is 1. The predicted octanol–water partition coefficient (Wildman–Crippen LogP) is 3.70. The summed E-state index contributed by atoms with van der Waals surface area (Å²) in [6.07, 6.45) is -4.84. The fourth-order valence-electron chi connectivity index (χ4n) is 1.43. The number of aromatic nitrogens is 1. The van der Waals surface area contributed by atoms with Crippen LogP contribution in [-0.2, 0) is 15.7 Å². The van der Waals surface area contributed by atoms with Crippen molar-refractivity contribution in [2.24, 2.45) is 0 Å². The van der Waals surface area contributed by atoms with Crippen LogP contribution in [0.1, 0.15) is 32.0 Å². The van der Waals surface area contributed by atoms with E-state index in [9.17, 15) is 22.8 Å². The van der Waals surface area contributed by atoms with Crippen molar-refractivity contribution in [1.82, 2.24) is 10.3 Å². The number of carbonyl (C=O) groups is 2. The Morgan fingerprint density at radius 3 is 2.29 bits per heavy atom. The summed E-state index contributed by atoms with van der Waals surface area (Å²) in [6, 6.07) is 1.59. The zero-order valence-electron chi connectivity index (χ0n) is 12.9. The van der Waals surface area contributed by atoms with E-state index in [2.05, 4.69) is 4.98 Å². The summed E-state index contributed by atoms with van der Waals surface area (Å²) >= 11 is 5.63. The molecule has 2 N–H and O–H groups in total. The first-order valence-corrected chi connectivity index (χ1v) is 6.86. The van der Waals surface area contributed by atoms with Crippen molar-refractivity contribution in [3.05, 3.63) is 34.2 Å². The van der Waals surface area contributed by atoms with Gasteiger partial charge < -0.3 is 9.84 Å². The van der Waals surface area contributed by atoms with Crippen LogP contribution in [0.2, 0.25) is 5.15 Å². The molecule has 0 spiro atoms. The summed E-state index contributed by atoms with van der Waals surface area (Å²) in [5, 5.41) is 10.5. The second kappa shape index (κ2) is 7.08. The lowest BCUT2D eigenvalue weighted by Crippen LogP contribution is -2.34. The molecule has 10 heteroatoms. The van der Waals surface area contributed by atoms with Crippen LogP contribution in [0.25, 0.3) is 6.08 Å². The second-order valence-corrected chi connectivity index (χ2v) is 5.92. The summed E-state index contributed by atoms with van der Waals surface area (Å²) in [5.74, 6) is -1.53. The number of rotatable bonds is 3. The molecule has 0 aliphatic carbocycles. The molecule has 0 aliphatic rings. The second-order valence-electron chi connectivity index (χ2n) is 5.56. The van der Waals surface area contributed by atoms with Crippen molar-refractivity contribution in [2.75, 3.05) is 0 Å². The minimum Gasteiger partial charge on any atom is -0.477 e. The third-order valence-corrected chi connectivity index (χ3v) is 2.64. The zero-order valence-corrected chi connectivity index (χ0v) is 13.6. The smallest absolute Gasteiger partial charge is 0.433 e. The molecule has 0 saturated carbocycles. The lowest BCUT2D eigenvalue weighted by Gasteiger charge is -2.19. The molecular formula is C14H14ClF3N2O4. The van der Waals surface area contributed by atoms with Gasteiger partial charge in [0.1, 0.15) is 22.1 Å². The minimum atomic E-state index is -4.68. The molecule has 0 unspecified atom stereocenters. The number of alkyl halides is 3. The molecule has 0 fully saturated rings. The number of carbonyl (C=O) groups excluding carboxylic acids is 1. The first kappa shape index (κ1) is 19.8. The van der Waals surface area contributed by atoms with E-state index in [1.165, 1.54) is 0 Å². The van der Waals surface area contributed by atoms with Crippen LogP contribution in [0.15, 0.2) is 17.8 Å². The average molecular weight is 367 g/mol. The summed E-state index contributed by atoms with van der Waals surface area (Å²) in [4.78, 5) is 25.9. The number of amides is 1. The number of pyridine rings is 1. The molecule has 6 nitrogen and oxygen atoms in total. The number of carboxylic acids is 1. The number of nitrogens with one attached hydrogen (secondary N) is 1. The Morgan fingerprint density at radius 1 is 1.29 bits per heavy atom. The van der Waals surface area contributed by atoms with Gasteiger partial charge in [-0.15, -0.1) is 0 Å². The van der Waals surface area contributed by atoms with Gasteiger partial charge in [-0.3, -0.25) is 5.32 Å². The Morgan fingerprint density at radius 2 is 1.88 bits per heavy atom. The van der Waals surface area contributed by atoms with Crippen molar-refractivity contribution in [1.29, 1.82) is 0 Å². The van der Waals surface area contributed by atoms with Crippen molar-refractivity contribution in [3.63, 3.8) is 0 Å². The van der Waals surface area contributed by atoms with Crippen molar-refractivity contribution < 1.29 is 32.6 Å². The molecule has 1 aromatic rings. The highest BCUT2D eigenvalue weighted by atomic mass is 35.5. The average Bonchev–Trinajstić information content (AvgIpc) is 2.36. The maximum Gasteiger partial charge on any atom is 0.433 e. The molecule has 0 radical (unpaired) electrons. The number of halogens is 4. The van der Waals surface area contributed by atoms with Gasteiger partial charge >= 0.3 is 18.2 Å². The molecule has 1 aromatic heterocycles. The zero-order chi connectivity index (χ0) is 18.7. The van der Waals surface area contributed by atoms with Gasteiger partial charge in [0.05, 0.1) is 0 Å². The molecular weight excluding hydrogens is 353 g/mol. The van der Waals surface area contributed by atoms with E-state index < -0.39 is 40.4 Å². The van der Waals surface area contributed by atoms with E-state index >= 15 is 0 Å². The van der Waals surface area contributed by atoms with Crippen LogP contribution >= 0.6 is 11.6 Å². The van der Waals surface area contributed by atoms with E-state index in [-0.39, 0.29) is 5.56 Å². The molecule has 0 aliphatic heterocycles. The van der Waals surface area contributed by atoms with Crippen LogP contribution in [0.4, 0.5) is 18.0 Å². The van der Waals surface area contributed by atoms with Gasteiger partial charge in [-0.05, 0) is 39.0 Å². The summed E-state index contributed by atoms with van der Waals surface area (Å²) in [7, 11) is 0. The predicted molar refractivity (Wildman–Crippen MR) is 79.2 cm³/mol. The Kier molecular flexibility index (Phi) is 5.83. The van der Waals surface area contributed by atoms with E-state index in [0.29, 0.717) is 6.07 Å². The van der Waals surface area contributed by atoms with E-state index in [1.54, 1.807) is 20.8 Å². The monoisotopic (exact) mass is 366 g/mol. The van der Waals surface area contributed by atoms with Gasteiger partial charge in [-0.1, -0.05) is 11.6 Å². The van der Waals surface area contributed by atoms with Gasteiger partial charge in [0.25, 0.3) is 0 Å². The first-order valence-electron chi connectivity index (χ1n) is 6.48. The molecule has 132 valence electrons. The molecule has 0 bridgehead atoms. The lowest BCUT2D eigenvalue weighted by molar-refractivity contribution is -0.141. The third kappa shape index (κ3) is 6.07. The Labute approximate surface area is 140 Å². The highest BCUT2D eigenvalue weighted by Gasteiger charge is 2.32. The van der Waals surface area contributed by atoms with Crippen LogP contribution in [0, 0.1) is 0 Å². The standard InChI is InChI=1S/C14H14ClF3N2O4/c1-13(2,3)24-12(23)19-8(11(21)22)6-7-4-5-9(14(16,17)18)20-10(7)15/h4-6H,1-3H3,(H,19,23)(H,21,22)/b8-6+. The topological polar surface area (TPSA) is 88.5 Å². The maximum absolute atomic E-state index is 12.5. The number of alkyl carbamates (subject to hydrolysis) is 1. The largest absolute Gasteiger partial charge is 0.477 e. The van der Waals surface area contributed by atoms with E-state index in [1.807, 2.05) is 5.32 Å². The van der Waals surface area contributed by atoms with Crippen molar-refractivity contribution in [3.8, 4) is 0 Å². The Hall–Kier alpha value is -2.29. The molecule has 0 saturated heterocycles. The molecule has 24 heavy (non-hydrogen) atoms. The van der Waals surface area contributed by atoms with Crippen LogP contribution < -0.4 is 5.32 Å². The number of nitrogens with zero attached hydrogens (tertiary/aromatic N) is 1. The van der Waals surface area contributed by atoms with Gasteiger partial charge in [-0.2, -0.15) is 13.2 Å². The SMILES string of the molecule is CC(C)(C)OC(=O)N/C(=C/c1ccc(C(F)(F)F)nc1Cl)C(=O)O. The van der Waals surface area contributed by atoms with Crippen LogP contribution in [0.3, 0.4) is 0 Å². The fraction of sp³-hybridized carbons (Fsp3) is 0.357. The van der Waals surface area contributed by atoms with E-state index in [0.717, 1.165) is 12.1 Å². The van der Waals surface area contributed by atoms with Crippen LogP contribution in [-0.4, -0.2) is 27.8 Å². The summed E-state index contributed by atoms with van der Waals surface area (Å²) < 4.78 is 42.4. The number of carboxylic acid groups (broad SMARTS) is 1. The van der Waals surface area contributed by atoms with Gasteiger partial charge in [0, 0.05) is 5.56 Å². The number of aliphatic carboxylic acids is 1. The molecule has 0 aromatic carbocycles. The Bertz CT molecular complexity index is 682. The molecule has 0 atom stereocenters. The van der Waals surface area contributed by atoms with Gasteiger partial charge in [-0.25, -0.2) is 14.6 Å². The van der Waals surface area contributed by atoms with Crippen molar-refractivity contribution in [2.45, 2.75) is 32.5 Å². The third-order valence-electron chi connectivity index (χ3n) is 2.33. The van der Waals surface area contributed by atoms with Gasteiger partial charge in [0.15, 0.2) is 0 Å². The molecule has 1 amide bonds. The highest BCUT2D eigenvalue weighted by molar-refractivity contribution is 6.31. The molecule has 1 rings (SSSR count). The molecule has 1 heterocycles. The summed E-state index contributed by atoms with van der Waals surface area (Å²) in [5.41, 5.74) is -2.83. The maximum atomic E-state index is 12.5. The first-order chi connectivity index (χ1) is 10.8.